The van der Waals surface area contributed by atoms with Crippen LogP contribution in [-0.4, -0.2) is 67.5 Å². The number of aliphatic carboxylic acids is 1. The molecule has 1 fully saturated rings. The summed E-state index contributed by atoms with van der Waals surface area (Å²) in [5.41, 5.74) is 0. The molecule has 1 aliphatic rings. The summed E-state index contributed by atoms with van der Waals surface area (Å²) in [5, 5.41) is 11.0. The minimum Gasteiger partial charge on any atom is -0.480 e. The first-order valence-electron chi connectivity index (χ1n) is 6.73. The van der Waals surface area contributed by atoms with Crippen molar-refractivity contribution in [2.75, 3.05) is 31.1 Å². The van der Waals surface area contributed by atoms with E-state index in [0.717, 1.165) is 39.4 Å². The molecule has 0 spiro atoms. The first-order valence-corrected chi connectivity index (χ1v) is 8.55. The molecule has 8 heteroatoms. The highest BCUT2D eigenvalue weighted by Gasteiger charge is 2.26. The molecular weight excluding hydrogens is 284 g/mol. The molecule has 0 aliphatic carbocycles. The van der Waals surface area contributed by atoms with E-state index >= 15 is 0 Å². The molecule has 0 aromatic rings. The average Bonchev–Trinajstić information content (AvgIpc) is 2.79. The predicted octanol–water partition coefficient (Wildman–Crippen LogP) is -0.524. The zero-order chi connectivity index (χ0) is 15.2. The molecule has 7 nitrogen and oxygen atoms in total. The minimum atomic E-state index is -3.49. The Balaban J connectivity index is 2.41. The van der Waals surface area contributed by atoms with Gasteiger partial charge in [0.2, 0.25) is 5.91 Å². The fourth-order valence-corrected chi connectivity index (χ4v) is 3.74. The molecular formula is C12H22N2O5S. The second-order valence-electron chi connectivity index (χ2n) is 5.11. The maximum absolute atomic E-state index is 11.9. The van der Waals surface area contributed by atoms with E-state index in [1.54, 1.807) is 0 Å². The molecule has 0 saturated carbocycles. The number of sulfone groups is 1. The van der Waals surface area contributed by atoms with Gasteiger partial charge in [-0.05, 0) is 38.9 Å². The lowest BCUT2D eigenvalue weighted by atomic mass is 10.3. The number of likely N-dealkylation sites (tertiary alicyclic amines) is 1. The molecule has 0 radical (unpaired) electrons. The highest BCUT2D eigenvalue weighted by Crippen LogP contribution is 2.08. The van der Waals surface area contributed by atoms with Gasteiger partial charge >= 0.3 is 5.97 Å². The molecule has 1 heterocycles. The maximum Gasteiger partial charge on any atom is 0.327 e. The monoisotopic (exact) mass is 306 g/mol. The van der Waals surface area contributed by atoms with E-state index in [-0.39, 0.29) is 5.75 Å². The van der Waals surface area contributed by atoms with Gasteiger partial charge in [-0.2, -0.15) is 0 Å². The Morgan fingerprint density at radius 2 is 1.90 bits per heavy atom. The Hall–Kier alpha value is -1.15. The molecule has 1 aliphatic heterocycles. The van der Waals surface area contributed by atoms with Crippen LogP contribution in [0.1, 0.15) is 26.2 Å². The van der Waals surface area contributed by atoms with Crippen molar-refractivity contribution in [2.45, 2.75) is 32.2 Å². The van der Waals surface area contributed by atoms with Gasteiger partial charge in [-0.15, -0.1) is 0 Å². The molecule has 0 bridgehead atoms. The van der Waals surface area contributed by atoms with E-state index in [1.165, 1.54) is 0 Å². The largest absolute Gasteiger partial charge is 0.480 e. The molecule has 1 atom stereocenters. The Morgan fingerprint density at radius 3 is 2.40 bits per heavy atom. The highest BCUT2D eigenvalue weighted by molar-refractivity contribution is 7.91. The molecule has 1 rings (SSSR count). The first kappa shape index (κ1) is 16.9. The molecule has 2 N–H and O–H groups in total. The number of carboxylic acid groups (broad SMARTS) is 1. The van der Waals surface area contributed by atoms with Crippen molar-refractivity contribution < 1.29 is 23.1 Å². The Morgan fingerprint density at radius 1 is 1.30 bits per heavy atom. The van der Waals surface area contributed by atoms with Crippen molar-refractivity contribution in [2.24, 2.45) is 0 Å². The normalized spacial score (nSPS) is 17.9. The smallest absolute Gasteiger partial charge is 0.327 e. The second-order valence-corrected chi connectivity index (χ2v) is 7.34. The topological polar surface area (TPSA) is 104 Å². The van der Waals surface area contributed by atoms with E-state index in [0.29, 0.717) is 6.42 Å². The van der Waals surface area contributed by atoms with Crippen LogP contribution in [0.4, 0.5) is 0 Å². The molecule has 1 unspecified atom stereocenters. The third-order valence-corrected chi connectivity index (χ3v) is 4.98. The minimum absolute atomic E-state index is 0.0487. The third kappa shape index (κ3) is 6.33. The van der Waals surface area contributed by atoms with Gasteiger partial charge in [0.05, 0.1) is 11.5 Å². The van der Waals surface area contributed by atoms with Crippen molar-refractivity contribution >= 4 is 21.7 Å². The summed E-state index contributed by atoms with van der Waals surface area (Å²) < 4.78 is 23.7. The highest BCUT2D eigenvalue weighted by atomic mass is 32.2. The Bertz CT molecular complexity index is 443. The van der Waals surface area contributed by atoms with Crippen LogP contribution < -0.4 is 5.32 Å². The number of carbonyl (C=O) groups is 2. The van der Waals surface area contributed by atoms with E-state index < -0.39 is 33.5 Å². The quantitative estimate of drug-likeness (QED) is 0.625. The van der Waals surface area contributed by atoms with Gasteiger partial charge in [0.25, 0.3) is 0 Å². The SMILES string of the molecule is CC(=O)NC(CS(=O)(=O)CCCN1CCCC1)C(=O)O. The Labute approximate surface area is 119 Å². The van der Waals surface area contributed by atoms with Crippen LogP contribution in [0.25, 0.3) is 0 Å². The third-order valence-electron chi connectivity index (χ3n) is 3.22. The van der Waals surface area contributed by atoms with Crippen molar-refractivity contribution in [3.05, 3.63) is 0 Å². The summed E-state index contributed by atoms with van der Waals surface area (Å²) in [4.78, 5) is 24.0. The summed E-state index contributed by atoms with van der Waals surface area (Å²) in [6, 6.07) is -1.37. The van der Waals surface area contributed by atoms with Gasteiger partial charge in [-0.25, -0.2) is 13.2 Å². The number of nitrogens with one attached hydrogen (secondary N) is 1. The Kier molecular flexibility index (Phi) is 6.41. The number of hydrogen-bond donors (Lipinski definition) is 2. The van der Waals surface area contributed by atoms with Gasteiger partial charge in [-0.3, -0.25) is 4.79 Å². The van der Waals surface area contributed by atoms with E-state index in [2.05, 4.69) is 10.2 Å². The maximum atomic E-state index is 11.9. The predicted molar refractivity (Wildman–Crippen MR) is 74.2 cm³/mol. The van der Waals surface area contributed by atoms with Crippen molar-refractivity contribution in [1.82, 2.24) is 10.2 Å². The number of amides is 1. The van der Waals surface area contributed by atoms with Crippen LogP contribution in [0, 0.1) is 0 Å². The number of carbonyl (C=O) groups excluding carboxylic acids is 1. The fourth-order valence-electron chi connectivity index (χ4n) is 2.27. The van der Waals surface area contributed by atoms with Gasteiger partial charge in [0.15, 0.2) is 9.84 Å². The zero-order valence-corrected chi connectivity index (χ0v) is 12.5. The van der Waals surface area contributed by atoms with Crippen LogP contribution in [0.15, 0.2) is 0 Å². The van der Waals surface area contributed by atoms with Gasteiger partial charge in [-0.1, -0.05) is 0 Å². The zero-order valence-electron chi connectivity index (χ0n) is 11.7. The summed E-state index contributed by atoms with van der Waals surface area (Å²) in [6.07, 6.45) is 2.79. The van der Waals surface area contributed by atoms with Crippen LogP contribution in [0.5, 0.6) is 0 Å². The lowest BCUT2D eigenvalue weighted by Gasteiger charge is -2.16. The summed E-state index contributed by atoms with van der Waals surface area (Å²) >= 11 is 0. The molecule has 0 aromatic heterocycles. The molecule has 1 amide bonds. The van der Waals surface area contributed by atoms with E-state index in [4.69, 9.17) is 5.11 Å². The van der Waals surface area contributed by atoms with Crippen LogP contribution >= 0.6 is 0 Å². The number of hydrogen-bond acceptors (Lipinski definition) is 5. The number of rotatable bonds is 8. The van der Waals surface area contributed by atoms with Gasteiger partial charge in [0.1, 0.15) is 6.04 Å². The summed E-state index contributed by atoms with van der Waals surface area (Å²) in [7, 11) is -3.49. The molecule has 116 valence electrons. The average molecular weight is 306 g/mol. The standard InChI is InChI=1S/C12H22N2O5S/c1-10(15)13-11(12(16)17)9-20(18,19)8-4-7-14-5-2-3-6-14/h11H,2-9H2,1H3,(H,13,15)(H,16,17). The van der Waals surface area contributed by atoms with Crippen LogP contribution in [-0.2, 0) is 19.4 Å². The van der Waals surface area contributed by atoms with Crippen molar-refractivity contribution in [3.63, 3.8) is 0 Å². The fraction of sp³-hybridized carbons (Fsp3) is 0.833. The second kappa shape index (κ2) is 7.58. The van der Waals surface area contributed by atoms with E-state index in [1.807, 2.05) is 0 Å². The van der Waals surface area contributed by atoms with Crippen molar-refractivity contribution in [3.8, 4) is 0 Å². The van der Waals surface area contributed by atoms with Crippen LogP contribution in [0.2, 0.25) is 0 Å². The molecule has 1 saturated heterocycles. The number of nitrogens with zero attached hydrogens (tertiary/aromatic N) is 1. The molecule has 0 aromatic carbocycles. The summed E-state index contributed by atoms with van der Waals surface area (Å²) in [5.74, 6) is -2.48. The van der Waals surface area contributed by atoms with Crippen molar-refractivity contribution in [1.29, 1.82) is 0 Å². The first-order chi connectivity index (χ1) is 9.30. The number of carboxylic acids is 1. The van der Waals surface area contributed by atoms with E-state index in [9.17, 15) is 18.0 Å². The lowest BCUT2D eigenvalue weighted by molar-refractivity contribution is -0.140. The van der Waals surface area contributed by atoms with Gasteiger partial charge < -0.3 is 15.3 Å². The molecule has 20 heavy (non-hydrogen) atoms. The summed E-state index contributed by atoms with van der Waals surface area (Å²) in [6.45, 7) is 3.89. The van der Waals surface area contributed by atoms with Crippen LogP contribution in [0.3, 0.4) is 0 Å². The lowest BCUT2D eigenvalue weighted by Crippen LogP contribution is -2.45. The van der Waals surface area contributed by atoms with Gasteiger partial charge in [0, 0.05) is 6.92 Å².